The SMILES string of the molecule is COCCNCC(=O)NCc1ccc(C)cc1.Cl. The lowest BCUT2D eigenvalue weighted by molar-refractivity contribution is -0.120. The Labute approximate surface area is 115 Å². The van der Waals surface area contributed by atoms with E-state index < -0.39 is 0 Å². The summed E-state index contributed by atoms with van der Waals surface area (Å²) in [6, 6.07) is 8.12. The van der Waals surface area contributed by atoms with Crippen LogP contribution in [0.2, 0.25) is 0 Å². The molecule has 5 heteroatoms. The van der Waals surface area contributed by atoms with Crippen molar-refractivity contribution in [1.29, 1.82) is 0 Å². The molecular weight excluding hydrogens is 252 g/mol. The van der Waals surface area contributed by atoms with Gasteiger partial charge in [-0.1, -0.05) is 29.8 Å². The van der Waals surface area contributed by atoms with Gasteiger partial charge in [0.05, 0.1) is 13.2 Å². The van der Waals surface area contributed by atoms with Crippen LogP contribution in [0.1, 0.15) is 11.1 Å². The van der Waals surface area contributed by atoms with Gasteiger partial charge in [-0.25, -0.2) is 0 Å². The van der Waals surface area contributed by atoms with E-state index in [0.29, 0.717) is 26.2 Å². The molecule has 0 aliphatic rings. The molecule has 1 rings (SSSR count). The third-order valence-electron chi connectivity index (χ3n) is 2.38. The number of rotatable bonds is 7. The van der Waals surface area contributed by atoms with Crippen LogP contribution >= 0.6 is 12.4 Å². The second kappa shape index (κ2) is 9.88. The van der Waals surface area contributed by atoms with Crippen molar-refractivity contribution in [3.05, 3.63) is 35.4 Å². The summed E-state index contributed by atoms with van der Waals surface area (Å²) in [5.41, 5.74) is 2.34. The van der Waals surface area contributed by atoms with Crippen molar-refractivity contribution in [2.24, 2.45) is 0 Å². The largest absolute Gasteiger partial charge is 0.383 e. The van der Waals surface area contributed by atoms with E-state index in [0.717, 1.165) is 5.56 Å². The lowest BCUT2D eigenvalue weighted by atomic mass is 10.1. The second-order valence-corrected chi connectivity index (χ2v) is 3.93. The maximum Gasteiger partial charge on any atom is 0.234 e. The molecule has 1 aromatic carbocycles. The summed E-state index contributed by atoms with van der Waals surface area (Å²) in [6.45, 7) is 4.25. The van der Waals surface area contributed by atoms with Gasteiger partial charge in [0.1, 0.15) is 0 Å². The van der Waals surface area contributed by atoms with Crippen LogP contribution in [0.4, 0.5) is 0 Å². The number of benzene rings is 1. The molecule has 1 aromatic rings. The fraction of sp³-hybridized carbons (Fsp3) is 0.462. The molecule has 0 saturated carbocycles. The number of carbonyl (C=O) groups excluding carboxylic acids is 1. The summed E-state index contributed by atoms with van der Waals surface area (Å²) in [5, 5.41) is 5.85. The van der Waals surface area contributed by atoms with Gasteiger partial charge in [-0.3, -0.25) is 4.79 Å². The standard InChI is InChI=1S/C13H20N2O2.ClH/c1-11-3-5-12(6-4-11)9-15-13(16)10-14-7-8-17-2;/h3-6,14H,7-10H2,1-2H3,(H,15,16);1H. The quantitative estimate of drug-likeness (QED) is 0.735. The fourth-order valence-corrected chi connectivity index (χ4v) is 1.35. The zero-order valence-electron chi connectivity index (χ0n) is 10.9. The normalized spacial score (nSPS) is 9.67. The number of carbonyl (C=O) groups is 1. The van der Waals surface area contributed by atoms with Crippen molar-refractivity contribution in [3.8, 4) is 0 Å². The molecule has 2 N–H and O–H groups in total. The predicted molar refractivity (Wildman–Crippen MR) is 75.0 cm³/mol. The summed E-state index contributed by atoms with van der Waals surface area (Å²) in [6.07, 6.45) is 0. The van der Waals surface area contributed by atoms with E-state index in [1.807, 2.05) is 31.2 Å². The lowest BCUT2D eigenvalue weighted by Gasteiger charge is -2.06. The Kier molecular flexibility index (Phi) is 9.28. The van der Waals surface area contributed by atoms with Crippen molar-refractivity contribution in [2.45, 2.75) is 13.5 Å². The van der Waals surface area contributed by atoms with E-state index in [-0.39, 0.29) is 18.3 Å². The molecule has 18 heavy (non-hydrogen) atoms. The molecule has 0 bridgehead atoms. The number of aryl methyl sites for hydroxylation is 1. The van der Waals surface area contributed by atoms with E-state index in [9.17, 15) is 4.79 Å². The molecule has 0 saturated heterocycles. The Balaban J connectivity index is 0.00000289. The monoisotopic (exact) mass is 272 g/mol. The van der Waals surface area contributed by atoms with Gasteiger partial charge < -0.3 is 15.4 Å². The van der Waals surface area contributed by atoms with Crippen LogP contribution in [0.25, 0.3) is 0 Å². The number of ether oxygens (including phenoxy) is 1. The number of hydrogen-bond acceptors (Lipinski definition) is 3. The molecule has 0 fully saturated rings. The molecule has 1 amide bonds. The van der Waals surface area contributed by atoms with E-state index in [4.69, 9.17) is 4.74 Å². The molecule has 102 valence electrons. The van der Waals surface area contributed by atoms with E-state index in [1.165, 1.54) is 5.56 Å². The number of halogens is 1. The van der Waals surface area contributed by atoms with Crippen molar-refractivity contribution in [2.75, 3.05) is 26.8 Å². The highest BCUT2D eigenvalue weighted by Gasteiger charge is 2.00. The molecular formula is C13H21ClN2O2. The number of nitrogens with one attached hydrogen (secondary N) is 2. The molecule has 0 spiro atoms. The Morgan fingerprint density at radius 3 is 2.56 bits per heavy atom. The third kappa shape index (κ3) is 7.27. The summed E-state index contributed by atoms with van der Waals surface area (Å²) >= 11 is 0. The zero-order valence-corrected chi connectivity index (χ0v) is 11.7. The fourth-order valence-electron chi connectivity index (χ4n) is 1.35. The van der Waals surface area contributed by atoms with Crippen LogP contribution in [0.15, 0.2) is 24.3 Å². The van der Waals surface area contributed by atoms with Gasteiger partial charge in [0.2, 0.25) is 5.91 Å². The van der Waals surface area contributed by atoms with Crippen LogP contribution in [-0.2, 0) is 16.1 Å². The third-order valence-corrected chi connectivity index (χ3v) is 2.38. The molecule has 0 heterocycles. The van der Waals surface area contributed by atoms with Gasteiger partial charge in [0.25, 0.3) is 0 Å². The molecule has 0 aliphatic carbocycles. The molecule has 4 nitrogen and oxygen atoms in total. The van der Waals surface area contributed by atoms with Crippen molar-refractivity contribution in [1.82, 2.24) is 10.6 Å². The van der Waals surface area contributed by atoms with Gasteiger partial charge in [0, 0.05) is 20.2 Å². The first-order chi connectivity index (χ1) is 8.22. The lowest BCUT2D eigenvalue weighted by Crippen LogP contribution is -2.34. The molecule has 0 aromatic heterocycles. The van der Waals surface area contributed by atoms with E-state index in [2.05, 4.69) is 10.6 Å². The maximum atomic E-state index is 11.4. The van der Waals surface area contributed by atoms with Gasteiger partial charge in [-0.2, -0.15) is 0 Å². The molecule has 0 aliphatic heterocycles. The average molecular weight is 273 g/mol. The Bertz CT molecular complexity index is 341. The highest BCUT2D eigenvalue weighted by Crippen LogP contribution is 2.02. The Morgan fingerprint density at radius 2 is 1.94 bits per heavy atom. The first-order valence-corrected chi connectivity index (χ1v) is 5.74. The summed E-state index contributed by atoms with van der Waals surface area (Å²) in [7, 11) is 1.64. The second-order valence-electron chi connectivity index (χ2n) is 3.93. The molecule has 0 atom stereocenters. The smallest absolute Gasteiger partial charge is 0.234 e. The minimum Gasteiger partial charge on any atom is -0.383 e. The summed E-state index contributed by atoms with van der Waals surface area (Å²) in [5.74, 6) is 0.00155. The molecule has 0 unspecified atom stereocenters. The number of amides is 1. The Morgan fingerprint density at radius 1 is 1.28 bits per heavy atom. The average Bonchev–Trinajstić information content (AvgIpc) is 2.34. The van der Waals surface area contributed by atoms with Crippen molar-refractivity contribution < 1.29 is 9.53 Å². The minimum atomic E-state index is 0. The van der Waals surface area contributed by atoms with Crippen LogP contribution in [-0.4, -0.2) is 32.7 Å². The zero-order chi connectivity index (χ0) is 12.5. The van der Waals surface area contributed by atoms with Crippen LogP contribution < -0.4 is 10.6 Å². The Hall–Kier alpha value is -1.10. The van der Waals surface area contributed by atoms with E-state index in [1.54, 1.807) is 7.11 Å². The van der Waals surface area contributed by atoms with Crippen molar-refractivity contribution >= 4 is 18.3 Å². The number of hydrogen-bond donors (Lipinski definition) is 2. The van der Waals surface area contributed by atoms with Gasteiger partial charge >= 0.3 is 0 Å². The highest BCUT2D eigenvalue weighted by molar-refractivity contribution is 5.85. The van der Waals surface area contributed by atoms with Crippen molar-refractivity contribution in [3.63, 3.8) is 0 Å². The van der Waals surface area contributed by atoms with Crippen LogP contribution in [0, 0.1) is 6.92 Å². The summed E-state index contributed by atoms with van der Waals surface area (Å²) in [4.78, 5) is 11.4. The van der Waals surface area contributed by atoms with E-state index >= 15 is 0 Å². The predicted octanol–water partition coefficient (Wildman–Crippen LogP) is 1.27. The minimum absolute atomic E-state index is 0. The van der Waals surface area contributed by atoms with Gasteiger partial charge in [-0.15, -0.1) is 12.4 Å². The van der Waals surface area contributed by atoms with Crippen LogP contribution in [0.5, 0.6) is 0 Å². The topological polar surface area (TPSA) is 50.4 Å². The highest BCUT2D eigenvalue weighted by atomic mass is 35.5. The van der Waals surface area contributed by atoms with Gasteiger partial charge in [0.15, 0.2) is 0 Å². The summed E-state index contributed by atoms with van der Waals surface area (Å²) < 4.78 is 4.87. The maximum absolute atomic E-state index is 11.4. The first-order valence-electron chi connectivity index (χ1n) is 5.74. The van der Waals surface area contributed by atoms with Gasteiger partial charge in [-0.05, 0) is 12.5 Å². The number of methoxy groups -OCH3 is 1. The molecule has 0 radical (unpaired) electrons. The first kappa shape index (κ1) is 16.9. The van der Waals surface area contributed by atoms with Crippen LogP contribution in [0.3, 0.4) is 0 Å².